The number of fused-ring (bicyclic) bond motifs is 8. The first-order valence-electron chi connectivity index (χ1n) is 16.8. The molecular weight excluding hydrogens is 644 g/mol. The van der Waals surface area contributed by atoms with Crippen molar-refractivity contribution < 1.29 is 36.7 Å². The van der Waals surface area contributed by atoms with Crippen LogP contribution in [-0.2, 0) is 46.5 Å². The van der Waals surface area contributed by atoms with E-state index in [0.29, 0.717) is 0 Å². The monoisotopic (exact) mass is 683 g/mol. The van der Waals surface area contributed by atoms with Gasteiger partial charge in [-0.1, -0.05) is 26.0 Å². The third-order valence-corrected chi connectivity index (χ3v) is 11.9. The van der Waals surface area contributed by atoms with E-state index in [1.54, 1.807) is 12.1 Å². The number of hydrogen-bond acceptors (Lipinski definition) is 7. The van der Waals surface area contributed by atoms with Crippen LogP contribution in [0.4, 0.5) is 11.4 Å². The molecule has 0 fully saturated rings. The Labute approximate surface area is 285 Å². The summed E-state index contributed by atoms with van der Waals surface area (Å²) in [6.45, 7) is 10.5. The molecule has 2 N–H and O–H groups in total. The normalized spacial score (nSPS) is 24.3. The molecule has 2 aromatic carbocycles. The highest BCUT2D eigenvalue weighted by Gasteiger charge is 2.54. The smallest absolute Gasteiger partial charge is 0.294 e. The number of carbonyl (C=O) groups excluding carboxylic acids is 3. The molecule has 2 atom stereocenters. The van der Waals surface area contributed by atoms with E-state index in [0.717, 1.165) is 75.8 Å². The van der Waals surface area contributed by atoms with Crippen molar-refractivity contribution in [1.29, 1.82) is 0 Å². The highest BCUT2D eigenvalue weighted by Crippen LogP contribution is 2.54. The van der Waals surface area contributed by atoms with Crippen LogP contribution >= 0.6 is 0 Å². The van der Waals surface area contributed by atoms with Gasteiger partial charge in [0.15, 0.2) is 12.3 Å². The van der Waals surface area contributed by atoms with Crippen LogP contribution in [0.2, 0.25) is 0 Å². The summed E-state index contributed by atoms with van der Waals surface area (Å²) in [7, 11) is -4.35. The number of rotatable bonds is 6. The maximum Gasteiger partial charge on any atom is 0.294 e. The number of imide groups is 1. The minimum Gasteiger partial charge on any atom is -0.365 e. The molecule has 0 radical (unpaired) electrons. The number of carbonyl (C=O) groups is 3. The zero-order valence-electron chi connectivity index (χ0n) is 27.9. The standard InChI is InChI=1S/C37H38N4O7S/c1-36(2)25-17-21(18-31(42)38-13-16-41-32(43)9-10-33(41)44)5-7-27(25)39-14-11-29-23(34(36)39)20-24-30(48-29)12-15-40-28-8-6-22(49(45,46)47)19-26(28)37(3,4)35(24)40/h5-10,17,19-20,29-30H,11-16,18H2,1-4H3,(H-,38,42,45,46,47)/p+1. The number of nitrogens with one attached hydrogen (secondary N) is 1. The molecule has 3 amide bonds. The molecule has 49 heavy (non-hydrogen) atoms. The van der Waals surface area contributed by atoms with Crippen molar-refractivity contribution in [1.82, 2.24) is 10.2 Å². The van der Waals surface area contributed by atoms with Gasteiger partial charge in [0.1, 0.15) is 0 Å². The van der Waals surface area contributed by atoms with Gasteiger partial charge in [0.25, 0.3) is 21.9 Å². The van der Waals surface area contributed by atoms with Crippen LogP contribution in [0.1, 0.15) is 57.2 Å². The fourth-order valence-electron chi connectivity index (χ4n) is 8.80. The topological polar surface area (TPSA) is 136 Å². The Hall–Kier alpha value is -4.39. The van der Waals surface area contributed by atoms with E-state index in [1.807, 2.05) is 6.07 Å². The van der Waals surface area contributed by atoms with Gasteiger partial charge in [0.2, 0.25) is 11.6 Å². The molecule has 6 aliphatic heterocycles. The lowest BCUT2D eigenvalue weighted by molar-refractivity contribution is -0.445. The van der Waals surface area contributed by atoms with Crippen molar-refractivity contribution in [2.75, 3.05) is 31.1 Å². The highest BCUT2D eigenvalue weighted by molar-refractivity contribution is 7.85. The molecule has 254 valence electrons. The van der Waals surface area contributed by atoms with Gasteiger partial charge in [-0.05, 0) is 55.7 Å². The Balaban J connectivity index is 1.10. The van der Waals surface area contributed by atoms with Gasteiger partial charge < -0.3 is 15.0 Å². The molecule has 2 unspecified atom stereocenters. The molecule has 11 nitrogen and oxygen atoms in total. The lowest BCUT2D eigenvalue weighted by Gasteiger charge is -2.42. The van der Waals surface area contributed by atoms with Crippen LogP contribution in [0.3, 0.4) is 0 Å². The van der Waals surface area contributed by atoms with Gasteiger partial charge in [-0.25, -0.2) is 0 Å². The van der Waals surface area contributed by atoms with Crippen molar-refractivity contribution in [3.63, 3.8) is 0 Å². The molecule has 0 aromatic heterocycles. The number of nitrogens with zero attached hydrogens (tertiary/aromatic N) is 3. The fourth-order valence-corrected chi connectivity index (χ4v) is 9.30. The Kier molecular flexibility index (Phi) is 7.02. The van der Waals surface area contributed by atoms with Gasteiger partial charge >= 0.3 is 0 Å². The van der Waals surface area contributed by atoms with Crippen molar-refractivity contribution >= 4 is 44.9 Å². The molecule has 6 aliphatic rings. The first-order valence-corrected chi connectivity index (χ1v) is 18.2. The van der Waals surface area contributed by atoms with Gasteiger partial charge in [-0.15, -0.1) is 0 Å². The van der Waals surface area contributed by atoms with Crippen molar-refractivity contribution in [2.45, 2.75) is 74.9 Å². The van der Waals surface area contributed by atoms with Crippen molar-refractivity contribution in [3.05, 3.63) is 88.2 Å². The third-order valence-electron chi connectivity index (χ3n) is 11.0. The largest absolute Gasteiger partial charge is 0.365 e. The minimum atomic E-state index is -4.35. The van der Waals surface area contributed by atoms with Crippen LogP contribution in [0.15, 0.2) is 76.4 Å². The van der Waals surface area contributed by atoms with Crippen LogP contribution in [0, 0.1) is 0 Å². The summed E-state index contributed by atoms with van der Waals surface area (Å²) in [5.41, 5.74) is 8.64. The van der Waals surface area contributed by atoms with E-state index >= 15 is 0 Å². The number of ether oxygens (including phenoxy) is 1. The van der Waals surface area contributed by atoms with Crippen LogP contribution in [0.5, 0.6) is 0 Å². The molecule has 0 bridgehead atoms. The fraction of sp³-hybridized carbons (Fsp3) is 0.405. The van der Waals surface area contributed by atoms with Crippen molar-refractivity contribution in [3.8, 4) is 0 Å². The van der Waals surface area contributed by atoms with Crippen LogP contribution < -0.4 is 10.2 Å². The lowest BCUT2D eigenvalue weighted by Crippen LogP contribution is -2.47. The average molecular weight is 684 g/mol. The zero-order chi connectivity index (χ0) is 34.6. The average Bonchev–Trinajstić information content (AvgIpc) is 3.58. The Morgan fingerprint density at radius 3 is 2.49 bits per heavy atom. The summed E-state index contributed by atoms with van der Waals surface area (Å²) >= 11 is 0. The predicted molar refractivity (Wildman–Crippen MR) is 181 cm³/mol. The third kappa shape index (κ3) is 4.86. The number of amides is 3. The minimum absolute atomic E-state index is 0.0476. The molecule has 0 saturated heterocycles. The molecule has 0 saturated carbocycles. The van der Waals surface area contributed by atoms with Crippen molar-refractivity contribution in [2.24, 2.45) is 0 Å². The Morgan fingerprint density at radius 2 is 1.76 bits per heavy atom. The second-order valence-electron chi connectivity index (χ2n) is 14.7. The first kappa shape index (κ1) is 31.9. The molecule has 2 aromatic rings. The van der Waals surface area contributed by atoms with Crippen LogP contribution in [-0.4, -0.2) is 84.3 Å². The van der Waals surface area contributed by atoms with E-state index in [-0.39, 0.29) is 59.8 Å². The second kappa shape index (κ2) is 10.8. The van der Waals surface area contributed by atoms with Gasteiger partial charge in [0, 0.05) is 77.8 Å². The van der Waals surface area contributed by atoms with Crippen LogP contribution in [0.25, 0.3) is 0 Å². The Morgan fingerprint density at radius 1 is 1.00 bits per heavy atom. The number of allylic oxidation sites excluding steroid dienone is 1. The summed E-state index contributed by atoms with van der Waals surface area (Å²) in [6, 6.07) is 11.1. The molecule has 12 heteroatoms. The Bertz CT molecular complexity index is 2110. The number of hydrogen-bond donors (Lipinski definition) is 2. The quantitative estimate of drug-likeness (QED) is 0.269. The summed E-state index contributed by atoms with van der Waals surface area (Å²) in [5, 5.41) is 2.84. The summed E-state index contributed by atoms with van der Waals surface area (Å²) < 4.78 is 43.0. The molecule has 8 rings (SSSR count). The molecular formula is C37H39N4O7S+. The maximum absolute atomic E-state index is 12.9. The molecule has 0 aliphatic carbocycles. The number of anilines is 1. The summed E-state index contributed by atoms with van der Waals surface area (Å²) in [5.74, 6) is -0.911. The second-order valence-corrected chi connectivity index (χ2v) is 16.1. The molecule has 6 heterocycles. The van der Waals surface area contributed by atoms with E-state index in [2.05, 4.69) is 60.7 Å². The van der Waals surface area contributed by atoms with E-state index in [4.69, 9.17) is 4.74 Å². The maximum atomic E-state index is 12.9. The predicted octanol–water partition coefficient (Wildman–Crippen LogP) is 3.45. The molecule has 0 spiro atoms. The van der Waals surface area contributed by atoms with E-state index in [1.165, 1.54) is 23.9 Å². The SMILES string of the molecule is CC1(C)C2=C3C=C4C5=[N+](CCC4OC3CCN2c2ccc(CC(=O)NCCN3C(=O)C=CC3=O)cc21)c1ccc(S(=O)(=O)O)cc1C5(C)C. The first-order chi connectivity index (χ1) is 23.2. The lowest BCUT2D eigenvalue weighted by atomic mass is 9.74. The number of benzene rings is 2. The summed E-state index contributed by atoms with van der Waals surface area (Å²) in [4.78, 5) is 39.9. The zero-order valence-corrected chi connectivity index (χ0v) is 28.8. The van der Waals surface area contributed by atoms with E-state index < -0.39 is 15.5 Å². The van der Waals surface area contributed by atoms with Gasteiger partial charge in [0.05, 0.1) is 28.9 Å². The highest BCUT2D eigenvalue weighted by atomic mass is 32.2. The van der Waals surface area contributed by atoms with Gasteiger partial charge in [-0.3, -0.25) is 23.8 Å². The van der Waals surface area contributed by atoms with E-state index in [9.17, 15) is 27.4 Å². The summed E-state index contributed by atoms with van der Waals surface area (Å²) in [6.07, 6.45) is 6.51. The van der Waals surface area contributed by atoms with Gasteiger partial charge in [-0.2, -0.15) is 13.0 Å².